The van der Waals surface area contributed by atoms with Crippen molar-refractivity contribution in [2.45, 2.75) is 12.0 Å². The Morgan fingerprint density at radius 3 is 2.58 bits per heavy atom. The summed E-state index contributed by atoms with van der Waals surface area (Å²) in [5, 5.41) is 13.4. The van der Waals surface area contributed by atoms with E-state index in [0.29, 0.717) is 6.61 Å². The summed E-state index contributed by atoms with van der Waals surface area (Å²) < 4.78 is 5.67. The number of nitrogens with one attached hydrogen (secondary N) is 1. The van der Waals surface area contributed by atoms with Crippen LogP contribution in [0.25, 0.3) is 0 Å². The first kappa shape index (κ1) is 12.1. The highest BCUT2D eigenvalue weighted by molar-refractivity contribution is 5.52. The second-order valence-corrected chi connectivity index (χ2v) is 4.83. The molecule has 1 heterocycles. The lowest BCUT2D eigenvalue weighted by Gasteiger charge is -2.39. The fourth-order valence-electron chi connectivity index (χ4n) is 2.59. The molecule has 0 amide bonds. The fraction of sp³-hybridized carbons (Fsp3) is 0.250. The van der Waals surface area contributed by atoms with E-state index >= 15 is 0 Å². The molecule has 3 rings (SSSR count). The Hall–Kier alpha value is -2.00. The average molecular weight is 255 g/mol. The molecule has 1 atom stereocenters. The highest BCUT2D eigenvalue weighted by Gasteiger charge is 2.37. The summed E-state index contributed by atoms with van der Waals surface area (Å²) in [6.45, 7) is 0.652. The predicted molar refractivity (Wildman–Crippen MR) is 75.4 cm³/mol. The number of aliphatic hydroxyl groups excluding tert-OH is 1. The summed E-state index contributed by atoms with van der Waals surface area (Å²) >= 11 is 0. The quantitative estimate of drug-likeness (QED) is 0.886. The first-order valence-electron chi connectivity index (χ1n) is 6.50. The monoisotopic (exact) mass is 255 g/mol. The van der Waals surface area contributed by atoms with Gasteiger partial charge in [-0.3, -0.25) is 0 Å². The number of benzene rings is 2. The number of anilines is 1. The van der Waals surface area contributed by atoms with Crippen molar-refractivity contribution in [3.8, 4) is 5.75 Å². The smallest absolute Gasteiger partial charge is 0.124 e. The Kier molecular flexibility index (Phi) is 3.13. The topological polar surface area (TPSA) is 41.5 Å². The highest BCUT2D eigenvalue weighted by Crippen LogP contribution is 2.38. The lowest BCUT2D eigenvalue weighted by Crippen LogP contribution is -2.43. The molecule has 98 valence electrons. The van der Waals surface area contributed by atoms with Gasteiger partial charge < -0.3 is 15.2 Å². The molecule has 0 aromatic heterocycles. The first-order chi connectivity index (χ1) is 9.34. The molecule has 0 spiro atoms. The average Bonchev–Trinajstić information content (AvgIpc) is 2.49. The second kappa shape index (κ2) is 4.94. The minimum Gasteiger partial charge on any atom is -0.493 e. The summed E-state index contributed by atoms with van der Waals surface area (Å²) in [6, 6.07) is 17.9. The lowest BCUT2D eigenvalue weighted by atomic mass is 9.85. The molecule has 1 aliphatic rings. The van der Waals surface area contributed by atoms with E-state index < -0.39 is 5.54 Å². The number of fused-ring (bicyclic) bond motifs is 1. The summed E-state index contributed by atoms with van der Waals surface area (Å²) in [7, 11) is 0. The standard InChI is InChI=1S/C16H17NO2/c18-12-16(17-13-6-2-1-3-7-13)10-11-19-15-9-5-4-8-14(15)16/h1-9,17-18H,10-12H2. The van der Waals surface area contributed by atoms with Crippen LogP contribution in [0.1, 0.15) is 12.0 Å². The van der Waals surface area contributed by atoms with Crippen molar-refractivity contribution in [2.24, 2.45) is 0 Å². The van der Waals surface area contributed by atoms with E-state index in [0.717, 1.165) is 23.4 Å². The minimum atomic E-state index is -0.462. The van der Waals surface area contributed by atoms with Gasteiger partial charge in [-0.1, -0.05) is 36.4 Å². The van der Waals surface area contributed by atoms with Gasteiger partial charge in [-0.15, -0.1) is 0 Å². The Balaban J connectivity index is 2.00. The van der Waals surface area contributed by atoms with Crippen LogP contribution >= 0.6 is 0 Å². The van der Waals surface area contributed by atoms with Crippen LogP contribution < -0.4 is 10.1 Å². The second-order valence-electron chi connectivity index (χ2n) is 4.83. The molecule has 0 saturated carbocycles. The van der Waals surface area contributed by atoms with Crippen LogP contribution in [-0.2, 0) is 5.54 Å². The van der Waals surface area contributed by atoms with Crippen molar-refractivity contribution in [3.63, 3.8) is 0 Å². The largest absolute Gasteiger partial charge is 0.493 e. The molecule has 3 nitrogen and oxygen atoms in total. The molecule has 1 unspecified atom stereocenters. The van der Waals surface area contributed by atoms with E-state index in [1.165, 1.54) is 0 Å². The number of hydrogen-bond acceptors (Lipinski definition) is 3. The molecule has 2 aromatic carbocycles. The van der Waals surface area contributed by atoms with Gasteiger partial charge in [0.05, 0.1) is 18.8 Å². The summed E-state index contributed by atoms with van der Waals surface area (Å²) in [6.07, 6.45) is 0.745. The predicted octanol–water partition coefficient (Wildman–Crippen LogP) is 2.77. The van der Waals surface area contributed by atoms with E-state index in [1.54, 1.807) is 0 Å². The molecule has 19 heavy (non-hydrogen) atoms. The number of hydrogen-bond donors (Lipinski definition) is 2. The molecule has 1 aliphatic heterocycles. The Morgan fingerprint density at radius 1 is 1.05 bits per heavy atom. The molecular weight excluding hydrogens is 238 g/mol. The molecular formula is C16H17NO2. The molecule has 0 bridgehead atoms. The van der Waals surface area contributed by atoms with Crippen molar-refractivity contribution in [1.29, 1.82) is 0 Å². The van der Waals surface area contributed by atoms with Gasteiger partial charge >= 0.3 is 0 Å². The SMILES string of the molecule is OCC1(Nc2ccccc2)CCOc2ccccc21. The van der Waals surface area contributed by atoms with Gasteiger partial charge in [0.25, 0.3) is 0 Å². The van der Waals surface area contributed by atoms with E-state index in [2.05, 4.69) is 5.32 Å². The maximum absolute atomic E-state index is 9.93. The van der Waals surface area contributed by atoms with Crippen molar-refractivity contribution < 1.29 is 9.84 Å². The van der Waals surface area contributed by atoms with Crippen LogP contribution in [0.4, 0.5) is 5.69 Å². The van der Waals surface area contributed by atoms with Crippen molar-refractivity contribution in [2.75, 3.05) is 18.5 Å². The number of rotatable bonds is 3. The van der Waals surface area contributed by atoms with Gasteiger partial charge in [0, 0.05) is 17.7 Å². The van der Waals surface area contributed by atoms with E-state index in [9.17, 15) is 5.11 Å². The first-order valence-corrected chi connectivity index (χ1v) is 6.50. The molecule has 0 aliphatic carbocycles. The van der Waals surface area contributed by atoms with Gasteiger partial charge in [0.1, 0.15) is 5.75 Å². The van der Waals surface area contributed by atoms with E-state index in [1.807, 2.05) is 54.6 Å². The van der Waals surface area contributed by atoms with Gasteiger partial charge in [0.15, 0.2) is 0 Å². The van der Waals surface area contributed by atoms with Gasteiger partial charge in [-0.05, 0) is 18.2 Å². The number of ether oxygens (including phenoxy) is 1. The maximum atomic E-state index is 9.93. The van der Waals surface area contributed by atoms with Crippen molar-refractivity contribution >= 4 is 5.69 Å². The van der Waals surface area contributed by atoms with Crippen molar-refractivity contribution in [1.82, 2.24) is 0 Å². The Morgan fingerprint density at radius 2 is 1.79 bits per heavy atom. The van der Waals surface area contributed by atoms with Gasteiger partial charge in [-0.25, -0.2) is 0 Å². The third-order valence-corrected chi connectivity index (χ3v) is 3.62. The number of para-hydroxylation sites is 2. The zero-order valence-corrected chi connectivity index (χ0v) is 10.7. The Labute approximate surface area is 112 Å². The minimum absolute atomic E-state index is 0.0439. The fourth-order valence-corrected chi connectivity index (χ4v) is 2.59. The molecule has 0 fully saturated rings. The molecule has 2 aromatic rings. The maximum Gasteiger partial charge on any atom is 0.124 e. The van der Waals surface area contributed by atoms with Crippen LogP contribution in [0.2, 0.25) is 0 Å². The normalized spacial score (nSPS) is 21.3. The highest BCUT2D eigenvalue weighted by atomic mass is 16.5. The zero-order chi connectivity index (χ0) is 13.1. The summed E-state index contributed by atoms with van der Waals surface area (Å²) in [5.74, 6) is 0.853. The van der Waals surface area contributed by atoms with E-state index in [4.69, 9.17) is 4.74 Å². The zero-order valence-electron chi connectivity index (χ0n) is 10.7. The summed E-state index contributed by atoms with van der Waals surface area (Å²) in [5.41, 5.74) is 1.57. The number of aliphatic hydroxyl groups is 1. The summed E-state index contributed by atoms with van der Waals surface area (Å²) in [4.78, 5) is 0. The van der Waals surface area contributed by atoms with E-state index in [-0.39, 0.29) is 6.61 Å². The Bertz CT molecular complexity index is 556. The molecule has 3 heteroatoms. The van der Waals surface area contributed by atoms with Crippen LogP contribution in [0, 0.1) is 0 Å². The molecule has 0 saturated heterocycles. The van der Waals surface area contributed by atoms with Crippen LogP contribution in [0.5, 0.6) is 5.75 Å². The van der Waals surface area contributed by atoms with Gasteiger partial charge in [0.2, 0.25) is 0 Å². The van der Waals surface area contributed by atoms with Crippen LogP contribution in [0.15, 0.2) is 54.6 Å². The molecule has 0 radical (unpaired) electrons. The van der Waals surface area contributed by atoms with Crippen LogP contribution in [-0.4, -0.2) is 18.3 Å². The lowest BCUT2D eigenvalue weighted by molar-refractivity contribution is 0.152. The van der Waals surface area contributed by atoms with Crippen LogP contribution in [0.3, 0.4) is 0 Å². The molecule has 2 N–H and O–H groups in total. The third kappa shape index (κ3) is 2.17. The van der Waals surface area contributed by atoms with Gasteiger partial charge in [-0.2, -0.15) is 0 Å². The van der Waals surface area contributed by atoms with Crippen molar-refractivity contribution in [3.05, 3.63) is 60.2 Å². The third-order valence-electron chi connectivity index (χ3n) is 3.62.